The van der Waals surface area contributed by atoms with Crippen LogP contribution in [0.4, 0.5) is 14.6 Å². The first-order chi connectivity index (χ1) is 8.97. The smallest absolute Gasteiger partial charge is 0.254 e. The summed E-state index contributed by atoms with van der Waals surface area (Å²) in [5.74, 6) is -1.90. The fraction of sp³-hybridized carbons (Fsp3) is 0.538. The Morgan fingerprint density at radius 1 is 1.37 bits per heavy atom. The zero-order chi connectivity index (χ0) is 13.7. The summed E-state index contributed by atoms with van der Waals surface area (Å²) in [5, 5.41) is 9.15. The third-order valence-electron chi connectivity index (χ3n) is 4.18. The molecule has 2 aliphatic rings. The molecule has 19 heavy (non-hydrogen) atoms. The molecular formula is C13H12ClF2N3. The number of aromatic nitrogens is 1. The zero-order valence-electron chi connectivity index (χ0n) is 10.2. The number of alkyl halides is 2. The molecule has 0 radical (unpaired) electrons. The van der Waals surface area contributed by atoms with E-state index in [-0.39, 0.29) is 6.42 Å². The van der Waals surface area contributed by atoms with Gasteiger partial charge in [0.25, 0.3) is 5.92 Å². The van der Waals surface area contributed by atoms with Crippen molar-refractivity contribution in [3.8, 4) is 6.07 Å². The number of hydrogen-bond donors (Lipinski definition) is 0. The van der Waals surface area contributed by atoms with Gasteiger partial charge in [0, 0.05) is 31.1 Å². The summed E-state index contributed by atoms with van der Waals surface area (Å²) in [4.78, 5) is 6.08. The van der Waals surface area contributed by atoms with Crippen molar-refractivity contribution in [1.29, 1.82) is 5.26 Å². The third-order valence-corrected chi connectivity index (χ3v) is 4.46. The maximum Gasteiger partial charge on any atom is 0.254 e. The second-order valence-electron chi connectivity index (χ2n) is 5.29. The number of nitriles is 1. The van der Waals surface area contributed by atoms with Crippen LogP contribution < -0.4 is 4.90 Å². The Balaban J connectivity index is 1.74. The Hall–Kier alpha value is -1.41. The highest BCUT2D eigenvalue weighted by molar-refractivity contribution is 6.33. The van der Waals surface area contributed by atoms with E-state index in [2.05, 4.69) is 4.98 Å². The van der Waals surface area contributed by atoms with Gasteiger partial charge in [-0.2, -0.15) is 5.26 Å². The second kappa shape index (κ2) is 4.04. The van der Waals surface area contributed by atoms with Gasteiger partial charge in [0.05, 0.1) is 10.6 Å². The van der Waals surface area contributed by atoms with Gasteiger partial charge < -0.3 is 4.90 Å². The SMILES string of the molecule is N#Cc1cnc(N2CCC3(CC2)CC3(F)F)c(Cl)c1. The molecule has 3 rings (SSSR count). The minimum Gasteiger partial charge on any atom is -0.355 e. The molecule has 0 N–H and O–H groups in total. The number of piperidine rings is 1. The third kappa shape index (κ3) is 1.95. The van der Waals surface area contributed by atoms with Gasteiger partial charge in [-0.25, -0.2) is 13.8 Å². The lowest BCUT2D eigenvalue weighted by Crippen LogP contribution is -2.37. The Kier molecular flexibility index (Phi) is 2.68. The van der Waals surface area contributed by atoms with Gasteiger partial charge in [0.1, 0.15) is 11.9 Å². The summed E-state index contributed by atoms with van der Waals surface area (Å²) < 4.78 is 26.6. The molecule has 1 saturated carbocycles. The molecule has 1 spiro atoms. The maximum absolute atomic E-state index is 13.3. The summed E-state index contributed by atoms with van der Waals surface area (Å²) in [7, 11) is 0. The average molecular weight is 284 g/mol. The first kappa shape index (κ1) is 12.6. The Morgan fingerprint density at radius 2 is 2.00 bits per heavy atom. The van der Waals surface area contributed by atoms with E-state index in [1.54, 1.807) is 6.07 Å². The van der Waals surface area contributed by atoms with Crippen molar-refractivity contribution in [2.45, 2.75) is 25.2 Å². The molecule has 2 heterocycles. The normalized spacial score (nSPS) is 23.2. The van der Waals surface area contributed by atoms with E-state index in [1.165, 1.54) is 6.20 Å². The summed E-state index contributed by atoms with van der Waals surface area (Å²) >= 11 is 6.08. The van der Waals surface area contributed by atoms with Crippen LogP contribution in [0.5, 0.6) is 0 Å². The molecular weight excluding hydrogens is 272 g/mol. The van der Waals surface area contributed by atoms with Gasteiger partial charge in [-0.1, -0.05) is 11.6 Å². The fourth-order valence-corrected chi connectivity index (χ4v) is 3.08. The molecule has 1 aliphatic heterocycles. The highest BCUT2D eigenvalue weighted by Crippen LogP contribution is 2.65. The van der Waals surface area contributed by atoms with Crippen LogP contribution in [0, 0.1) is 16.7 Å². The van der Waals surface area contributed by atoms with Gasteiger partial charge in [0.2, 0.25) is 0 Å². The molecule has 3 nitrogen and oxygen atoms in total. The minimum atomic E-state index is -2.49. The molecule has 1 aromatic rings. The Labute approximate surface area is 114 Å². The first-order valence-corrected chi connectivity index (χ1v) is 6.54. The van der Waals surface area contributed by atoms with Crippen molar-refractivity contribution in [2.24, 2.45) is 5.41 Å². The van der Waals surface area contributed by atoms with E-state index < -0.39 is 11.3 Å². The molecule has 2 fully saturated rings. The number of anilines is 1. The van der Waals surface area contributed by atoms with Crippen LogP contribution in [0.1, 0.15) is 24.8 Å². The summed E-state index contributed by atoms with van der Waals surface area (Å²) in [6, 6.07) is 3.52. The molecule has 100 valence electrons. The van der Waals surface area contributed by atoms with Crippen LogP contribution in [-0.2, 0) is 0 Å². The lowest BCUT2D eigenvalue weighted by Gasteiger charge is -2.33. The lowest BCUT2D eigenvalue weighted by atomic mass is 9.93. The van der Waals surface area contributed by atoms with Crippen molar-refractivity contribution >= 4 is 17.4 Å². The molecule has 1 aliphatic carbocycles. The van der Waals surface area contributed by atoms with E-state index in [4.69, 9.17) is 16.9 Å². The van der Waals surface area contributed by atoms with Crippen LogP contribution in [-0.4, -0.2) is 24.0 Å². The molecule has 6 heteroatoms. The summed E-state index contributed by atoms with van der Waals surface area (Å²) in [6.45, 7) is 1.07. The molecule has 0 amide bonds. The lowest BCUT2D eigenvalue weighted by molar-refractivity contribution is 0.0536. The zero-order valence-corrected chi connectivity index (χ0v) is 10.9. The number of halogens is 3. The van der Waals surface area contributed by atoms with Gasteiger partial charge in [-0.3, -0.25) is 0 Å². The molecule has 1 aromatic heterocycles. The predicted molar refractivity (Wildman–Crippen MR) is 67.4 cm³/mol. The fourth-order valence-electron chi connectivity index (χ4n) is 2.79. The summed E-state index contributed by atoms with van der Waals surface area (Å²) in [5.41, 5.74) is -0.376. The predicted octanol–water partition coefficient (Wildman–Crippen LogP) is 3.23. The second-order valence-corrected chi connectivity index (χ2v) is 5.70. The number of nitrogens with zero attached hydrogens (tertiary/aromatic N) is 3. The summed E-state index contributed by atoms with van der Waals surface area (Å²) in [6.07, 6.45) is 2.41. The van der Waals surface area contributed by atoms with E-state index in [1.807, 2.05) is 11.0 Å². The topological polar surface area (TPSA) is 39.9 Å². The maximum atomic E-state index is 13.3. The van der Waals surface area contributed by atoms with Crippen molar-refractivity contribution in [2.75, 3.05) is 18.0 Å². The Bertz CT molecular complexity index is 559. The molecule has 0 unspecified atom stereocenters. The monoisotopic (exact) mass is 283 g/mol. The largest absolute Gasteiger partial charge is 0.355 e. The van der Waals surface area contributed by atoms with Gasteiger partial charge in [-0.05, 0) is 18.9 Å². The molecule has 0 aromatic carbocycles. The van der Waals surface area contributed by atoms with Gasteiger partial charge in [-0.15, -0.1) is 0 Å². The quantitative estimate of drug-likeness (QED) is 0.794. The Morgan fingerprint density at radius 3 is 2.47 bits per heavy atom. The van der Waals surface area contributed by atoms with Crippen molar-refractivity contribution in [1.82, 2.24) is 4.98 Å². The number of rotatable bonds is 1. The van der Waals surface area contributed by atoms with Crippen LogP contribution in [0.15, 0.2) is 12.3 Å². The van der Waals surface area contributed by atoms with E-state index in [9.17, 15) is 8.78 Å². The van der Waals surface area contributed by atoms with Crippen LogP contribution in [0.25, 0.3) is 0 Å². The van der Waals surface area contributed by atoms with E-state index in [0.29, 0.717) is 42.3 Å². The first-order valence-electron chi connectivity index (χ1n) is 6.16. The number of hydrogen-bond acceptors (Lipinski definition) is 3. The van der Waals surface area contributed by atoms with Crippen LogP contribution in [0.2, 0.25) is 5.02 Å². The average Bonchev–Trinajstić information content (AvgIpc) is 2.91. The van der Waals surface area contributed by atoms with Crippen LogP contribution >= 0.6 is 11.6 Å². The number of pyridine rings is 1. The van der Waals surface area contributed by atoms with Crippen molar-refractivity contribution < 1.29 is 8.78 Å². The van der Waals surface area contributed by atoms with Crippen molar-refractivity contribution in [3.05, 3.63) is 22.8 Å². The van der Waals surface area contributed by atoms with E-state index >= 15 is 0 Å². The van der Waals surface area contributed by atoms with Crippen molar-refractivity contribution in [3.63, 3.8) is 0 Å². The highest BCUT2D eigenvalue weighted by Gasteiger charge is 2.70. The molecule has 0 bridgehead atoms. The molecule has 1 saturated heterocycles. The minimum absolute atomic E-state index is 0.0162. The van der Waals surface area contributed by atoms with Gasteiger partial charge >= 0.3 is 0 Å². The van der Waals surface area contributed by atoms with Crippen LogP contribution in [0.3, 0.4) is 0 Å². The van der Waals surface area contributed by atoms with E-state index in [0.717, 1.165) is 0 Å². The highest BCUT2D eigenvalue weighted by atomic mass is 35.5. The van der Waals surface area contributed by atoms with Gasteiger partial charge in [0.15, 0.2) is 0 Å². The standard InChI is InChI=1S/C13H12ClF2N3/c14-10-5-9(6-17)7-18-11(10)19-3-1-12(2-4-19)8-13(12,15)16/h5,7H,1-4,8H2. The molecule has 0 atom stereocenters.